The lowest BCUT2D eigenvalue weighted by Gasteiger charge is -2.38. The van der Waals surface area contributed by atoms with Gasteiger partial charge in [0.2, 0.25) is 0 Å². The zero-order chi connectivity index (χ0) is 40.1. The van der Waals surface area contributed by atoms with Crippen molar-refractivity contribution in [2.45, 2.75) is 42.7 Å². The molecule has 55 heavy (non-hydrogen) atoms. The van der Waals surface area contributed by atoms with E-state index in [1.54, 1.807) is 66.7 Å². The topological polar surface area (TPSA) is 71.1 Å². The molecule has 6 nitrogen and oxygen atoms in total. The Morgan fingerprint density at radius 3 is 1.87 bits per heavy atom. The number of halogens is 9. The summed E-state index contributed by atoms with van der Waals surface area (Å²) in [6.07, 6.45) is -7.32. The summed E-state index contributed by atoms with van der Waals surface area (Å²) >= 11 is 0. The number of alkyl halides is 9. The van der Waals surface area contributed by atoms with E-state index in [-0.39, 0.29) is 39.3 Å². The van der Waals surface area contributed by atoms with Gasteiger partial charge in [-0.2, -0.15) is 47.9 Å². The van der Waals surface area contributed by atoms with E-state index < -0.39 is 72.7 Å². The molecule has 5 aromatic rings. The monoisotopic (exact) mass is 794 g/mol. The number of hydrogen-bond acceptors (Lipinski definition) is 6. The predicted octanol–water partition coefficient (Wildman–Crippen LogP) is 10.8. The first kappa shape index (κ1) is 37.9. The van der Waals surface area contributed by atoms with Gasteiger partial charge in [-0.1, -0.05) is 62.4 Å². The average molecular weight is 795 g/mol. The van der Waals surface area contributed by atoms with Crippen molar-refractivity contribution >= 4 is 27.0 Å². The van der Waals surface area contributed by atoms with Crippen LogP contribution < -0.4 is 18.4 Å². The van der Waals surface area contributed by atoms with Crippen LogP contribution in [0, 0.1) is 0 Å². The Morgan fingerprint density at radius 1 is 0.691 bits per heavy atom. The van der Waals surface area contributed by atoms with Gasteiger partial charge >= 0.3 is 28.0 Å². The third kappa shape index (κ3) is 5.92. The van der Waals surface area contributed by atoms with Gasteiger partial charge in [0, 0.05) is 27.5 Å². The molecule has 0 aromatic heterocycles. The molecule has 0 N–H and O–H groups in total. The minimum Gasteiger partial charge on any atom is -0.497 e. The first-order valence-corrected chi connectivity index (χ1v) is 17.6. The summed E-state index contributed by atoms with van der Waals surface area (Å²) in [6, 6.07) is 17.9. The van der Waals surface area contributed by atoms with Crippen molar-refractivity contribution in [3.8, 4) is 34.1 Å². The first-order chi connectivity index (χ1) is 25.5. The first-order valence-electron chi connectivity index (χ1n) is 16.2. The number of hydrogen-bond donors (Lipinski definition) is 0. The van der Waals surface area contributed by atoms with Crippen LogP contribution in [0.5, 0.6) is 23.0 Å². The van der Waals surface area contributed by atoms with E-state index in [2.05, 4.69) is 4.18 Å². The van der Waals surface area contributed by atoms with Gasteiger partial charge in [0.1, 0.15) is 11.5 Å². The van der Waals surface area contributed by atoms with Crippen molar-refractivity contribution in [1.82, 2.24) is 0 Å². The molecule has 1 heterocycles. The summed E-state index contributed by atoms with van der Waals surface area (Å²) in [7, 11) is -3.87. The van der Waals surface area contributed by atoms with Crippen LogP contribution in [0.1, 0.15) is 52.8 Å². The van der Waals surface area contributed by atoms with Gasteiger partial charge in [-0.05, 0) is 70.1 Å². The Kier molecular flexibility index (Phi) is 8.49. The minimum absolute atomic E-state index is 0.0189. The molecule has 1 unspecified atom stereocenters. The van der Waals surface area contributed by atoms with E-state index in [0.29, 0.717) is 22.9 Å². The third-order valence-corrected chi connectivity index (χ3v) is 10.8. The smallest absolute Gasteiger partial charge is 0.497 e. The fourth-order valence-electron chi connectivity index (χ4n) is 7.49. The van der Waals surface area contributed by atoms with E-state index in [0.717, 1.165) is 19.2 Å². The number of benzene rings is 5. The second-order valence-electron chi connectivity index (χ2n) is 13.4. The van der Waals surface area contributed by atoms with Crippen LogP contribution in [0.4, 0.5) is 39.5 Å². The standard InChI is InChI=1S/C39H27F9O6S/c1-35(2)32-27(16-22(37(40,41)42)17-28(32)38(43,44)45)31-25-18-30(54-55(49,50)39(46,47)48)29(52-4)19-26(25)34-24(33(31)35)14-15-36(53-34,20-8-6-5-7-9-20)21-10-12-23(51-3)13-11-21/h5-19H,1-4H3. The maximum atomic E-state index is 14.8. The van der Waals surface area contributed by atoms with Crippen molar-refractivity contribution in [1.29, 1.82) is 0 Å². The van der Waals surface area contributed by atoms with Crippen LogP contribution in [-0.2, 0) is 33.5 Å². The Balaban J connectivity index is 1.64. The van der Waals surface area contributed by atoms with E-state index in [4.69, 9.17) is 14.2 Å². The fraction of sp³-hybridized carbons (Fsp3) is 0.231. The Hall–Kier alpha value is -5.38. The maximum absolute atomic E-state index is 14.8. The Labute approximate surface area is 307 Å². The lowest BCUT2D eigenvalue weighted by molar-refractivity contribution is -0.143. The highest BCUT2D eigenvalue weighted by Crippen LogP contribution is 2.61. The number of methoxy groups -OCH3 is 2. The molecule has 0 bridgehead atoms. The molecule has 5 aromatic carbocycles. The minimum atomic E-state index is -6.35. The summed E-state index contributed by atoms with van der Waals surface area (Å²) < 4.78 is 174. The van der Waals surface area contributed by atoms with Crippen LogP contribution >= 0.6 is 0 Å². The summed E-state index contributed by atoms with van der Waals surface area (Å²) in [5.41, 5.74) is -12.3. The zero-order valence-electron chi connectivity index (χ0n) is 28.9. The SMILES string of the molecule is COc1ccc(C2(c3ccccc3)C=Cc3c4c(c5cc(OS(=O)(=O)C(F)(F)F)c(OC)cc5c3O2)-c2cc(C(F)(F)F)cc(C(F)(F)F)c2C4(C)C)cc1. The van der Waals surface area contributed by atoms with Gasteiger partial charge in [-0.25, -0.2) is 0 Å². The molecular formula is C39H27F9O6S. The highest BCUT2D eigenvalue weighted by atomic mass is 32.2. The quantitative estimate of drug-likeness (QED) is 0.0969. The highest BCUT2D eigenvalue weighted by molar-refractivity contribution is 7.88. The Morgan fingerprint density at radius 2 is 1.31 bits per heavy atom. The molecular weight excluding hydrogens is 767 g/mol. The lowest BCUT2D eigenvalue weighted by atomic mass is 9.75. The van der Waals surface area contributed by atoms with Crippen molar-refractivity contribution in [3.63, 3.8) is 0 Å². The molecule has 0 fully saturated rings. The van der Waals surface area contributed by atoms with E-state index >= 15 is 0 Å². The molecule has 1 aliphatic heterocycles. The second kappa shape index (κ2) is 12.3. The van der Waals surface area contributed by atoms with E-state index in [1.807, 2.05) is 0 Å². The van der Waals surface area contributed by atoms with Gasteiger partial charge in [0.25, 0.3) is 0 Å². The van der Waals surface area contributed by atoms with Gasteiger partial charge in [0.05, 0.1) is 25.3 Å². The summed E-state index contributed by atoms with van der Waals surface area (Å²) in [6.45, 7) is 2.75. The molecule has 0 radical (unpaired) electrons. The fourth-order valence-corrected chi connectivity index (χ4v) is 7.95. The molecule has 1 aliphatic carbocycles. The molecule has 0 saturated carbocycles. The van der Waals surface area contributed by atoms with Crippen LogP contribution in [0.3, 0.4) is 0 Å². The molecule has 1 atom stereocenters. The highest BCUT2D eigenvalue weighted by Gasteiger charge is 2.51. The van der Waals surface area contributed by atoms with Crippen molar-refractivity contribution in [2.75, 3.05) is 14.2 Å². The third-order valence-electron chi connectivity index (χ3n) is 9.82. The molecule has 288 valence electrons. The van der Waals surface area contributed by atoms with Gasteiger partial charge in [-0.3, -0.25) is 0 Å². The zero-order valence-corrected chi connectivity index (χ0v) is 29.7. The number of rotatable bonds is 6. The van der Waals surface area contributed by atoms with Gasteiger partial charge in [-0.15, -0.1) is 0 Å². The molecule has 0 amide bonds. The number of ether oxygens (including phenoxy) is 3. The molecule has 2 aliphatic rings. The van der Waals surface area contributed by atoms with Crippen molar-refractivity contribution < 1.29 is 66.3 Å². The molecule has 0 saturated heterocycles. The summed E-state index contributed by atoms with van der Waals surface area (Å²) in [4.78, 5) is 0. The normalized spacial score (nSPS) is 17.6. The molecule has 16 heteroatoms. The van der Waals surface area contributed by atoms with E-state index in [1.165, 1.54) is 21.0 Å². The second-order valence-corrected chi connectivity index (χ2v) is 14.9. The van der Waals surface area contributed by atoms with Crippen molar-refractivity contribution in [3.05, 3.63) is 124 Å². The van der Waals surface area contributed by atoms with Crippen LogP contribution in [0.2, 0.25) is 0 Å². The van der Waals surface area contributed by atoms with Crippen LogP contribution in [-0.4, -0.2) is 28.1 Å². The van der Waals surface area contributed by atoms with E-state index in [9.17, 15) is 47.9 Å². The summed E-state index contributed by atoms with van der Waals surface area (Å²) in [5, 5.41) is -0.316. The van der Waals surface area contributed by atoms with Crippen LogP contribution in [0.15, 0.2) is 84.9 Å². The van der Waals surface area contributed by atoms with Crippen LogP contribution in [0.25, 0.3) is 28.0 Å². The largest absolute Gasteiger partial charge is 0.534 e. The summed E-state index contributed by atoms with van der Waals surface area (Å²) in [5.74, 6) is -1.13. The molecule has 7 rings (SSSR count). The Bertz CT molecular complexity index is 2510. The maximum Gasteiger partial charge on any atom is 0.534 e. The average Bonchev–Trinajstić information content (AvgIpc) is 3.36. The van der Waals surface area contributed by atoms with Gasteiger partial charge < -0.3 is 18.4 Å². The van der Waals surface area contributed by atoms with Crippen molar-refractivity contribution in [2.24, 2.45) is 0 Å². The number of fused-ring (bicyclic) bond motifs is 8. The lowest BCUT2D eigenvalue weighted by Crippen LogP contribution is -2.35. The predicted molar refractivity (Wildman–Crippen MR) is 184 cm³/mol. The van der Waals surface area contributed by atoms with Gasteiger partial charge in [0.15, 0.2) is 17.1 Å². The molecule has 0 spiro atoms.